The van der Waals surface area contributed by atoms with Crippen LogP contribution in [0.15, 0.2) is 29.1 Å². The standard InChI is InChI=1S/C17H24BN3O3/c1-7-14-19-20(6)15(22)21(14)13-10-8-12(9-11-13)18-23-16(2,3)17(4,5)24-18/h8-11H,7H2,1-6H3. The van der Waals surface area contributed by atoms with Crippen LogP contribution in [0.25, 0.3) is 5.69 Å². The third-order valence-electron chi connectivity index (χ3n) is 4.98. The van der Waals surface area contributed by atoms with Gasteiger partial charge in [-0.25, -0.2) is 14.0 Å². The number of aromatic nitrogens is 3. The van der Waals surface area contributed by atoms with Crippen LogP contribution in [0.4, 0.5) is 0 Å². The molecule has 3 rings (SSSR count). The van der Waals surface area contributed by atoms with E-state index in [0.29, 0.717) is 6.42 Å². The number of hydrogen-bond donors (Lipinski definition) is 0. The summed E-state index contributed by atoms with van der Waals surface area (Å²) in [5, 5.41) is 4.26. The van der Waals surface area contributed by atoms with E-state index < -0.39 is 7.12 Å². The van der Waals surface area contributed by atoms with Crippen LogP contribution in [0.1, 0.15) is 40.4 Å². The van der Waals surface area contributed by atoms with Gasteiger partial charge < -0.3 is 9.31 Å². The lowest BCUT2D eigenvalue weighted by Crippen LogP contribution is -2.41. The van der Waals surface area contributed by atoms with Crippen molar-refractivity contribution in [3.63, 3.8) is 0 Å². The molecule has 0 aliphatic carbocycles. The van der Waals surface area contributed by atoms with E-state index in [1.54, 1.807) is 11.6 Å². The number of hydrogen-bond acceptors (Lipinski definition) is 4. The molecule has 1 aliphatic rings. The summed E-state index contributed by atoms with van der Waals surface area (Å²) in [6.07, 6.45) is 0.690. The van der Waals surface area contributed by atoms with E-state index in [9.17, 15) is 4.79 Å². The second-order valence-corrected chi connectivity index (χ2v) is 7.19. The van der Waals surface area contributed by atoms with E-state index in [-0.39, 0.29) is 16.9 Å². The molecule has 0 unspecified atom stereocenters. The Morgan fingerprint density at radius 1 is 1.08 bits per heavy atom. The second kappa shape index (κ2) is 5.60. The van der Waals surface area contributed by atoms with Gasteiger partial charge in [0.25, 0.3) is 0 Å². The highest BCUT2D eigenvalue weighted by molar-refractivity contribution is 6.62. The maximum absolute atomic E-state index is 12.3. The Hall–Kier alpha value is -1.86. The molecule has 1 fully saturated rings. The molecule has 7 heteroatoms. The topological polar surface area (TPSA) is 58.3 Å². The van der Waals surface area contributed by atoms with Crippen molar-refractivity contribution in [2.75, 3.05) is 0 Å². The van der Waals surface area contributed by atoms with Crippen molar-refractivity contribution in [1.82, 2.24) is 14.3 Å². The Labute approximate surface area is 142 Å². The minimum Gasteiger partial charge on any atom is -0.399 e. The Bertz CT molecular complexity index is 789. The van der Waals surface area contributed by atoms with Crippen molar-refractivity contribution in [3.8, 4) is 5.69 Å². The highest BCUT2D eigenvalue weighted by atomic mass is 16.7. The van der Waals surface area contributed by atoms with Crippen LogP contribution in [-0.4, -0.2) is 32.7 Å². The van der Waals surface area contributed by atoms with E-state index >= 15 is 0 Å². The lowest BCUT2D eigenvalue weighted by atomic mass is 9.79. The first-order valence-corrected chi connectivity index (χ1v) is 8.27. The Balaban J connectivity index is 1.92. The molecule has 1 aromatic heterocycles. The van der Waals surface area contributed by atoms with Gasteiger partial charge in [-0.05, 0) is 45.3 Å². The van der Waals surface area contributed by atoms with Crippen LogP contribution in [-0.2, 0) is 22.8 Å². The number of nitrogens with zero attached hydrogens (tertiary/aromatic N) is 3. The van der Waals surface area contributed by atoms with Crippen LogP contribution in [0.2, 0.25) is 0 Å². The average molecular weight is 329 g/mol. The zero-order valence-corrected chi connectivity index (χ0v) is 15.2. The van der Waals surface area contributed by atoms with Gasteiger partial charge in [0, 0.05) is 13.5 Å². The minimum absolute atomic E-state index is 0.143. The molecule has 2 heterocycles. The first-order chi connectivity index (χ1) is 11.2. The monoisotopic (exact) mass is 329 g/mol. The van der Waals surface area contributed by atoms with Crippen molar-refractivity contribution in [1.29, 1.82) is 0 Å². The third-order valence-corrected chi connectivity index (χ3v) is 4.98. The fourth-order valence-electron chi connectivity index (χ4n) is 2.76. The fraction of sp³-hybridized carbons (Fsp3) is 0.529. The fourth-order valence-corrected chi connectivity index (χ4v) is 2.76. The van der Waals surface area contributed by atoms with Gasteiger partial charge >= 0.3 is 12.8 Å². The summed E-state index contributed by atoms with van der Waals surface area (Å²) in [5.74, 6) is 0.742. The SMILES string of the molecule is CCc1nn(C)c(=O)n1-c1ccc(B2OC(C)(C)C(C)(C)O2)cc1. The molecule has 1 aromatic carbocycles. The molecule has 1 aliphatic heterocycles. The van der Waals surface area contributed by atoms with E-state index in [1.807, 2.05) is 58.9 Å². The lowest BCUT2D eigenvalue weighted by Gasteiger charge is -2.32. The van der Waals surface area contributed by atoms with Crippen LogP contribution in [0, 0.1) is 0 Å². The summed E-state index contributed by atoms with van der Waals surface area (Å²) >= 11 is 0. The van der Waals surface area contributed by atoms with Crippen LogP contribution in [0.5, 0.6) is 0 Å². The molecule has 0 bridgehead atoms. The van der Waals surface area contributed by atoms with E-state index in [2.05, 4.69) is 5.10 Å². The molecule has 0 N–H and O–H groups in total. The van der Waals surface area contributed by atoms with Gasteiger partial charge in [-0.3, -0.25) is 0 Å². The van der Waals surface area contributed by atoms with E-state index in [4.69, 9.17) is 9.31 Å². The van der Waals surface area contributed by atoms with Crippen LogP contribution >= 0.6 is 0 Å². The van der Waals surface area contributed by atoms with Crippen LogP contribution in [0.3, 0.4) is 0 Å². The molecule has 1 saturated heterocycles. The maximum atomic E-state index is 12.3. The van der Waals surface area contributed by atoms with Gasteiger partial charge in [-0.2, -0.15) is 5.10 Å². The number of benzene rings is 1. The quantitative estimate of drug-likeness (QED) is 0.800. The molecule has 0 spiro atoms. The number of rotatable bonds is 3. The van der Waals surface area contributed by atoms with Gasteiger partial charge in [0.05, 0.1) is 16.9 Å². The largest absolute Gasteiger partial charge is 0.494 e. The number of aryl methyl sites for hydroxylation is 2. The predicted octanol–water partition coefficient (Wildman–Crippen LogP) is 1.43. The molecule has 0 atom stereocenters. The average Bonchev–Trinajstić information content (AvgIpc) is 2.92. The zero-order chi connectivity index (χ0) is 17.7. The molecule has 0 radical (unpaired) electrons. The highest BCUT2D eigenvalue weighted by Gasteiger charge is 2.51. The Kier molecular flexibility index (Phi) is 3.96. The smallest absolute Gasteiger partial charge is 0.399 e. The summed E-state index contributed by atoms with van der Waals surface area (Å²) in [6.45, 7) is 10.1. The molecule has 24 heavy (non-hydrogen) atoms. The van der Waals surface area contributed by atoms with Crippen molar-refractivity contribution in [2.45, 2.75) is 52.2 Å². The third kappa shape index (κ3) is 2.61. The van der Waals surface area contributed by atoms with Crippen molar-refractivity contribution in [2.24, 2.45) is 7.05 Å². The van der Waals surface area contributed by atoms with Gasteiger partial charge in [0.15, 0.2) is 0 Å². The second-order valence-electron chi connectivity index (χ2n) is 7.19. The summed E-state index contributed by atoms with van der Waals surface area (Å²) < 4.78 is 15.1. The zero-order valence-electron chi connectivity index (χ0n) is 15.2. The minimum atomic E-state index is -0.402. The van der Waals surface area contributed by atoms with E-state index in [1.165, 1.54) is 4.68 Å². The molecular weight excluding hydrogens is 305 g/mol. The Morgan fingerprint density at radius 2 is 1.62 bits per heavy atom. The van der Waals surface area contributed by atoms with Gasteiger partial charge in [-0.1, -0.05) is 19.1 Å². The molecule has 128 valence electrons. The highest BCUT2D eigenvalue weighted by Crippen LogP contribution is 2.36. The summed E-state index contributed by atoms with van der Waals surface area (Å²) in [6, 6.07) is 7.69. The van der Waals surface area contributed by atoms with Gasteiger partial charge in [0.2, 0.25) is 0 Å². The predicted molar refractivity (Wildman–Crippen MR) is 93.9 cm³/mol. The molecular formula is C17H24BN3O3. The van der Waals surface area contributed by atoms with Crippen LogP contribution < -0.4 is 11.2 Å². The molecule has 6 nitrogen and oxygen atoms in total. The van der Waals surface area contributed by atoms with Gasteiger partial charge in [0.1, 0.15) is 5.82 Å². The molecule has 2 aromatic rings. The van der Waals surface area contributed by atoms with E-state index in [0.717, 1.165) is 17.0 Å². The first kappa shape index (κ1) is 17.0. The summed E-state index contributed by atoms with van der Waals surface area (Å²) in [7, 11) is 1.26. The normalized spacial score (nSPS) is 19.0. The Morgan fingerprint density at radius 3 is 2.12 bits per heavy atom. The summed E-state index contributed by atoms with van der Waals surface area (Å²) in [4.78, 5) is 12.3. The lowest BCUT2D eigenvalue weighted by molar-refractivity contribution is 0.00578. The molecule has 0 saturated carbocycles. The van der Waals surface area contributed by atoms with Crippen molar-refractivity contribution < 1.29 is 9.31 Å². The van der Waals surface area contributed by atoms with Crippen molar-refractivity contribution >= 4 is 12.6 Å². The van der Waals surface area contributed by atoms with Gasteiger partial charge in [-0.15, -0.1) is 0 Å². The molecule has 0 amide bonds. The summed E-state index contributed by atoms with van der Waals surface area (Å²) in [5.41, 5.74) is 0.853. The maximum Gasteiger partial charge on any atom is 0.494 e. The van der Waals surface area contributed by atoms with Crippen molar-refractivity contribution in [3.05, 3.63) is 40.6 Å². The first-order valence-electron chi connectivity index (χ1n) is 8.27.